The predicted molar refractivity (Wildman–Crippen MR) is 91.4 cm³/mol. The smallest absolute Gasteiger partial charge is 0.194 e. The van der Waals surface area contributed by atoms with Crippen molar-refractivity contribution in [3.63, 3.8) is 0 Å². The Morgan fingerprint density at radius 2 is 2.20 bits per heavy atom. The van der Waals surface area contributed by atoms with Gasteiger partial charge in [0, 0.05) is 19.8 Å². The summed E-state index contributed by atoms with van der Waals surface area (Å²) < 4.78 is 1.84. The average Bonchev–Trinajstić information content (AvgIpc) is 2.97. The van der Waals surface area contributed by atoms with Gasteiger partial charge in [0.15, 0.2) is 5.96 Å². The van der Waals surface area contributed by atoms with E-state index in [-0.39, 0.29) is 30.0 Å². The van der Waals surface area contributed by atoms with E-state index < -0.39 is 0 Å². The molecule has 3 heterocycles. The maximum atomic E-state index is 4.68. The summed E-state index contributed by atoms with van der Waals surface area (Å²) in [5.74, 6) is 1.83. The molecule has 1 fully saturated rings. The van der Waals surface area contributed by atoms with Crippen molar-refractivity contribution in [1.29, 1.82) is 0 Å². The first-order chi connectivity index (χ1) is 9.13. The van der Waals surface area contributed by atoms with Crippen molar-refractivity contribution in [3.8, 4) is 0 Å². The highest BCUT2D eigenvalue weighted by Gasteiger charge is 2.33. The second-order valence-electron chi connectivity index (χ2n) is 5.93. The summed E-state index contributed by atoms with van der Waals surface area (Å²) in [5.41, 5.74) is 1.07. The highest BCUT2D eigenvalue weighted by molar-refractivity contribution is 14.0. The van der Waals surface area contributed by atoms with Gasteiger partial charge in [-0.1, -0.05) is 6.92 Å². The van der Waals surface area contributed by atoms with Gasteiger partial charge >= 0.3 is 0 Å². The fourth-order valence-corrected chi connectivity index (χ4v) is 3.00. The summed E-state index contributed by atoms with van der Waals surface area (Å²) in [6.45, 7) is 6.55. The molecule has 2 aliphatic rings. The van der Waals surface area contributed by atoms with E-state index in [1.807, 2.05) is 17.9 Å². The molecule has 0 radical (unpaired) electrons. The summed E-state index contributed by atoms with van der Waals surface area (Å²) in [4.78, 5) is 7.14. The van der Waals surface area contributed by atoms with E-state index in [0.29, 0.717) is 6.04 Å². The lowest BCUT2D eigenvalue weighted by Gasteiger charge is -2.36. The molecule has 2 aliphatic heterocycles. The number of guanidine groups is 1. The van der Waals surface area contributed by atoms with Gasteiger partial charge in [-0.2, -0.15) is 5.10 Å². The van der Waals surface area contributed by atoms with Crippen LogP contribution in [0.2, 0.25) is 0 Å². The van der Waals surface area contributed by atoms with Gasteiger partial charge in [0.25, 0.3) is 0 Å². The van der Waals surface area contributed by atoms with E-state index in [1.54, 1.807) is 0 Å². The van der Waals surface area contributed by atoms with Crippen molar-refractivity contribution in [2.24, 2.45) is 18.0 Å². The van der Waals surface area contributed by atoms with Crippen LogP contribution in [-0.4, -0.2) is 39.8 Å². The maximum Gasteiger partial charge on any atom is 0.194 e. The third-order valence-electron chi connectivity index (χ3n) is 4.19. The zero-order valence-corrected chi connectivity index (χ0v) is 14.7. The maximum absolute atomic E-state index is 4.68. The van der Waals surface area contributed by atoms with E-state index in [1.165, 1.54) is 12.8 Å². The van der Waals surface area contributed by atoms with Gasteiger partial charge in [-0.25, -0.2) is 0 Å². The van der Waals surface area contributed by atoms with E-state index in [2.05, 4.69) is 40.2 Å². The van der Waals surface area contributed by atoms with E-state index >= 15 is 0 Å². The molecule has 1 aromatic heterocycles. The van der Waals surface area contributed by atoms with Crippen molar-refractivity contribution >= 4 is 29.9 Å². The molecule has 6 heteroatoms. The van der Waals surface area contributed by atoms with Crippen LogP contribution in [0.15, 0.2) is 17.3 Å². The lowest BCUT2D eigenvalue weighted by atomic mass is 9.95. The molecule has 1 N–H and O–H groups in total. The summed E-state index contributed by atoms with van der Waals surface area (Å²) in [6, 6.07) is 2.88. The number of aryl methyl sites for hydroxylation is 1. The van der Waals surface area contributed by atoms with Gasteiger partial charge < -0.3 is 10.2 Å². The third kappa shape index (κ3) is 3.10. The van der Waals surface area contributed by atoms with Crippen LogP contribution in [0.1, 0.15) is 38.4 Å². The molecule has 0 amide bonds. The fraction of sp³-hybridized carbons (Fsp3) is 0.714. The minimum absolute atomic E-state index is 0. The number of nitrogens with one attached hydrogen (secondary N) is 1. The number of piperidine rings is 1. The summed E-state index contributed by atoms with van der Waals surface area (Å²) in [5, 5.41) is 7.98. The van der Waals surface area contributed by atoms with Crippen LogP contribution in [0.25, 0.3) is 0 Å². The van der Waals surface area contributed by atoms with Crippen LogP contribution < -0.4 is 5.32 Å². The highest BCUT2D eigenvalue weighted by Crippen LogP contribution is 2.26. The van der Waals surface area contributed by atoms with Crippen molar-refractivity contribution < 1.29 is 0 Å². The molecule has 0 aromatic carbocycles. The average molecular weight is 389 g/mol. The topological polar surface area (TPSA) is 45.5 Å². The van der Waals surface area contributed by atoms with E-state index in [4.69, 9.17) is 0 Å². The fourth-order valence-electron chi connectivity index (χ4n) is 3.00. The van der Waals surface area contributed by atoms with Crippen LogP contribution >= 0.6 is 24.0 Å². The molecular weight excluding hydrogens is 365 g/mol. The Balaban J connectivity index is 0.00000147. The Kier molecular flexibility index (Phi) is 4.93. The summed E-state index contributed by atoms with van der Waals surface area (Å²) in [7, 11) is 1.95. The Labute approximate surface area is 137 Å². The van der Waals surface area contributed by atoms with Crippen molar-refractivity contribution in [2.75, 3.05) is 13.1 Å². The number of hydrogen-bond acceptors (Lipinski definition) is 4. The largest absolute Gasteiger partial charge is 0.348 e. The van der Waals surface area contributed by atoms with Crippen molar-refractivity contribution in [1.82, 2.24) is 20.0 Å². The van der Waals surface area contributed by atoms with Gasteiger partial charge in [-0.05, 0) is 31.7 Å². The zero-order valence-electron chi connectivity index (χ0n) is 12.4. The monoisotopic (exact) mass is 389 g/mol. The molecule has 3 rings (SSSR count). The first kappa shape index (κ1) is 15.6. The minimum Gasteiger partial charge on any atom is -0.348 e. The molecule has 0 saturated carbocycles. The van der Waals surface area contributed by atoms with Crippen molar-refractivity contribution in [3.05, 3.63) is 18.0 Å². The molecule has 2 unspecified atom stereocenters. The van der Waals surface area contributed by atoms with E-state index in [9.17, 15) is 0 Å². The molecule has 3 atom stereocenters. The van der Waals surface area contributed by atoms with Gasteiger partial charge in [0.1, 0.15) is 0 Å². The molecule has 112 valence electrons. The molecule has 0 spiro atoms. The summed E-state index contributed by atoms with van der Waals surface area (Å²) in [6.07, 6.45) is 4.59. The Morgan fingerprint density at radius 1 is 1.40 bits per heavy atom. The second-order valence-corrected chi connectivity index (χ2v) is 5.93. The lowest BCUT2D eigenvalue weighted by molar-refractivity contribution is 0.210. The number of fused-ring (bicyclic) bond motifs is 1. The van der Waals surface area contributed by atoms with Gasteiger partial charge in [0.2, 0.25) is 0 Å². The quantitative estimate of drug-likeness (QED) is 0.789. The second kappa shape index (κ2) is 6.32. The zero-order chi connectivity index (χ0) is 13.4. The first-order valence-corrected chi connectivity index (χ1v) is 7.20. The number of aliphatic imine (C=N–C) groups is 1. The minimum atomic E-state index is 0. The number of nitrogens with zero attached hydrogens (tertiary/aromatic N) is 4. The van der Waals surface area contributed by atoms with Gasteiger partial charge in [-0.15, -0.1) is 24.0 Å². The van der Waals surface area contributed by atoms with Crippen LogP contribution in [0.3, 0.4) is 0 Å². The molecular formula is C14H24IN5. The first-order valence-electron chi connectivity index (χ1n) is 7.20. The number of hydrogen-bond donors (Lipinski definition) is 1. The van der Waals surface area contributed by atoms with Gasteiger partial charge in [0.05, 0.1) is 24.3 Å². The molecule has 0 aliphatic carbocycles. The number of rotatable bonds is 2. The Hall–Kier alpha value is -0.790. The third-order valence-corrected chi connectivity index (χ3v) is 4.19. The number of halogens is 1. The van der Waals surface area contributed by atoms with Crippen LogP contribution in [0.5, 0.6) is 0 Å². The van der Waals surface area contributed by atoms with Crippen LogP contribution in [-0.2, 0) is 7.05 Å². The highest BCUT2D eigenvalue weighted by atomic mass is 127. The van der Waals surface area contributed by atoms with Crippen LogP contribution in [0, 0.1) is 5.92 Å². The molecule has 5 nitrogen and oxygen atoms in total. The molecule has 20 heavy (non-hydrogen) atoms. The van der Waals surface area contributed by atoms with E-state index in [0.717, 1.165) is 30.7 Å². The SMILES string of the molecule is CC1CCC2CN=C(N[C@@H](C)c3ccn(C)n3)N2C1.I. The van der Waals surface area contributed by atoms with Gasteiger partial charge in [-0.3, -0.25) is 9.67 Å². The Morgan fingerprint density at radius 3 is 2.90 bits per heavy atom. The Bertz CT molecular complexity index is 484. The van der Waals surface area contributed by atoms with Crippen molar-refractivity contribution in [2.45, 2.75) is 38.8 Å². The summed E-state index contributed by atoms with van der Waals surface area (Å²) >= 11 is 0. The molecule has 1 aromatic rings. The molecule has 0 bridgehead atoms. The number of aromatic nitrogens is 2. The standard InChI is InChI=1S/C14H23N5.HI/c1-10-4-5-12-8-15-14(19(12)9-10)16-11(2)13-6-7-18(3)17-13;/h6-7,10-12H,4-5,8-9H2,1-3H3,(H,15,16);1H/t10?,11-,12?;/m0./s1. The predicted octanol–water partition coefficient (Wildman–Crippen LogP) is 2.16. The molecule has 1 saturated heterocycles. The normalized spacial score (nSPS) is 26.6. The van der Waals surface area contributed by atoms with Crippen LogP contribution in [0.4, 0.5) is 0 Å². The lowest BCUT2D eigenvalue weighted by Crippen LogP contribution is -2.48.